The lowest BCUT2D eigenvalue weighted by Gasteiger charge is -2.46. The maximum atomic E-state index is 13.1. The molecule has 0 radical (unpaired) electrons. The summed E-state index contributed by atoms with van der Waals surface area (Å²) in [6, 6.07) is 28.1. The van der Waals surface area contributed by atoms with Crippen LogP contribution in [0.2, 0.25) is 0 Å². The van der Waals surface area contributed by atoms with Crippen molar-refractivity contribution < 1.29 is 9.59 Å². The SMILES string of the molecule is O=C1C[C@H](c2ccccc2)N2[C@H](c3ccc(Br)cc3)[C@H](c3ccccc3)CC(=O)N12. The lowest BCUT2D eigenvalue weighted by atomic mass is 9.82. The molecule has 2 amide bonds. The highest BCUT2D eigenvalue weighted by atomic mass is 79.9. The molecular weight excluding hydrogens is 440 g/mol. The van der Waals surface area contributed by atoms with Gasteiger partial charge in [-0.25, -0.2) is 5.01 Å². The third kappa shape index (κ3) is 3.28. The molecule has 3 aromatic carbocycles. The van der Waals surface area contributed by atoms with Crippen LogP contribution in [-0.2, 0) is 9.59 Å². The number of hydrogen-bond donors (Lipinski definition) is 0. The molecular formula is C25H21BrN2O2. The van der Waals surface area contributed by atoms with Gasteiger partial charge in [-0.1, -0.05) is 88.7 Å². The van der Waals surface area contributed by atoms with E-state index in [2.05, 4.69) is 40.2 Å². The highest BCUT2D eigenvalue weighted by Gasteiger charge is 2.52. The number of carbonyl (C=O) groups is 2. The van der Waals surface area contributed by atoms with Crippen LogP contribution in [0.4, 0.5) is 0 Å². The van der Waals surface area contributed by atoms with Gasteiger partial charge in [0.2, 0.25) is 11.8 Å². The Morgan fingerprint density at radius 3 is 1.87 bits per heavy atom. The molecule has 5 rings (SSSR count). The van der Waals surface area contributed by atoms with Crippen molar-refractivity contribution in [2.75, 3.05) is 0 Å². The predicted octanol–water partition coefficient (Wildman–Crippen LogP) is 5.39. The molecule has 2 fully saturated rings. The summed E-state index contributed by atoms with van der Waals surface area (Å²) in [5, 5.41) is 3.44. The van der Waals surface area contributed by atoms with Crippen molar-refractivity contribution in [2.24, 2.45) is 0 Å². The Kier molecular flexibility index (Phi) is 5.01. The molecule has 2 aliphatic heterocycles. The molecule has 0 N–H and O–H groups in total. The van der Waals surface area contributed by atoms with Crippen LogP contribution in [0.3, 0.4) is 0 Å². The van der Waals surface area contributed by atoms with E-state index in [1.807, 2.05) is 65.7 Å². The first-order valence-corrected chi connectivity index (χ1v) is 10.9. The number of fused-ring (bicyclic) bond motifs is 1. The van der Waals surface area contributed by atoms with Crippen molar-refractivity contribution in [3.63, 3.8) is 0 Å². The summed E-state index contributed by atoms with van der Waals surface area (Å²) >= 11 is 3.52. The first-order chi connectivity index (χ1) is 14.6. The Bertz CT molecular complexity index is 1070. The van der Waals surface area contributed by atoms with E-state index in [9.17, 15) is 9.59 Å². The average Bonchev–Trinajstić information content (AvgIpc) is 3.13. The monoisotopic (exact) mass is 460 g/mol. The number of rotatable bonds is 3. The number of carbonyl (C=O) groups excluding carboxylic acids is 2. The summed E-state index contributed by atoms with van der Waals surface area (Å²) in [5.41, 5.74) is 3.27. The minimum absolute atomic E-state index is 0.0340. The van der Waals surface area contributed by atoms with Crippen molar-refractivity contribution in [3.8, 4) is 0 Å². The van der Waals surface area contributed by atoms with E-state index in [-0.39, 0.29) is 29.8 Å². The summed E-state index contributed by atoms with van der Waals surface area (Å²) in [4.78, 5) is 26.1. The summed E-state index contributed by atoms with van der Waals surface area (Å²) in [5.74, 6) is -0.281. The van der Waals surface area contributed by atoms with Crippen molar-refractivity contribution >= 4 is 27.7 Å². The molecule has 0 bridgehead atoms. The maximum absolute atomic E-state index is 13.1. The molecule has 150 valence electrons. The van der Waals surface area contributed by atoms with Crippen molar-refractivity contribution in [3.05, 3.63) is 106 Å². The van der Waals surface area contributed by atoms with Gasteiger partial charge in [0.05, 0.1) is 18.5 Å². The fraction of sp³-hybridized carbons (Fsp3) is 0.200. The third-order valence-electron chi connectivity index (χ3n) is 6.07. The molecule has 0 spiro atoms. The first-order valence-electron chi connectivity index (χ1n) is 10.1. The third-order valence-corrected chi connectivity index (χ3v) is 6.60. The van der Waals surface area contributed by atoms with E-state index in [0.29, 0.717) is 12.8 Å². The highest BCUT2D eigenvalue weighted by molar-refractivity contribution is 9.10. The molecule has 0 saturated carbocycles. The fourth-order valence-corrected chi connectivity index (χ4v) is 5.03. The molecule has 0 unspecified atom stereocenters. The van der Waals surface area contributed by atoms with E-state index in [1.54, 1.807) is 0 Å². The Hall–Kier alpha value is -2.76. The number of hydrogen-bond acceptors (Lipinski definition) is 3. The van der Waals surface area contributed by atoms with Gasteiger partial charge in [-0.15, -0.1) is 0 Å². The van der Waals surface area contributed by atoms with E-state index in [1.165, 1.54) is 5.01 Å². The molecule has 2 heterocycles. The minimum atomic E-state index is -0.164. The zero-order valence-corrected chi connectivity index (χ0v) is 17.9. The van der Waals surface area contributed by atoms with E-state index >= 15 is 0 Å². The topological polar surface area (TPSA) is 40.6 Å². The molecule has 2 aliphatic rings. The number of amides is 2. The molecule has 30 heavy (non-hydrogen) atoms. The summed E-state index contributed by atoms with van der Waals surface area (Å²) < 4.78 is 1.00. The Morgan fingerprint density at radius 2 is 1.23 bits per heavy atom. The minimum Gasteiger partial charge on any atom is -0.273 e. The van der Waals surface area contributed by atoms with Gasteiger partial charge >= 0.3 is 0 Å². The van der Waals surface area contributed by atoms with Gasteiger partial charge in [0, 0.05) is 16.8 Å². The van der Waals surface area contributed by atoms with Gasteiger partial charge in [-0.2, -0.15) is 5.01 Å². The Morgan fingerprint density at radius 1 is 0.667 bits per heavy atom. The van der Waals surface area contributed by atoms with Crippen molar-refractivity contribution in [2.45, 2.75) is 30.8 Å². The van der Waals surface area contributed by atoms with Gasteiger partial charge in [0.25, 0.3) is 0 Å². The lowest BCUT2D eigenvalue weighted by molar-refractivity contribution is -0.170. The number of halogens is 1. The van der Waals surface area contributed by atoms with Crippen molar-refractivity contribution in [1.82, 2.24) is 10.0 Å². The van der Waals surface area contributed by atoms with Crippen LogP contribution in [0.15, 0.2) is 89.4 Å². The molecule has 4 nitrogen and oxygen atoms in total. The van der Waals surface area contributed by atoms with Crippen LogP contribution in [0.5, 0.6) is 0 Å². The Balaban J connectivity index is 1.67. The second-order valence-corrected chi connectivity index (χ2v) is 8.74. The maximum Gasteiger partial charge on any atom is 0.245 e. The molecule has 3 atom stereocenters. The van der Waals surface area contributed by atoms with Crippen LogP contribution in [0.1, 0.15) is 47.5 Å². The van der Waals surface area contributed by atoms with E-state index in [0.717, 1.165) is 21.2 Å². The number of benzene rings is 3. The Labute approximate surface area is 184 Å². The fourth-order valence-electron chi connectivity index (χ4n) is 4.76. The number of imide groups is 1. The normalized spacial score (nSPS) is 24.2. The van der Waals surface area contributed by atoms with Crippen molar-refractivity contribution in [1.29, 1.82) is 0 Å². The lowest BCUT2D eigenvalue weighted by Crippen LogP contribution is -2.52. The smallest absolute Gasteiger partial charge is 0.245 e. The van der Waals surface area contributed by atoms with Gasteiger partial charge in [0.15, 0.2) is 0 Å². The molecule has 0 aromatic heterocycles. The quantitative estimate of drug-likeness (QED) is 0.491. The molecule has 2 saturated heterocycles. The van der Waals surface area contributed by atoms with Crippen LogP contribution in [0.25, 0.3) is 0 Å². The van der Waals surface area contributed by atoms with Crippen LogP contribution < -0.4 is 0 Å². The summed E-state index contributed by atoms with van der Waals surface area (Å²) in [6.07, 6.45) is 0.624. The first kappa shape index (κ1) is 19.2. The number of nitrogens with zero attached hydrogens (tertiary/aromatic N) is 2. The van der Waals surface area contributed by atoms with Gasteiger partial charge in [-0.05, 0) is 28.8 Å². The van der Waals surface area contributed by atoms with Crippen LogP contribution >= 0.6 is 15.9 Å². The van der Waals surface area contributed by atoms with Gasteiger partial charge in [0.1, 0.15) is 0 Å². The molecule has 3 aromatic rings. The average molecular weight is 461 g/mol. The van der Waals surface area contributed by atoms with E-state index in [4.69, 9.17) is 0 Å². The van der Waals surface area contributed by atoms with Gasteiger partial charge < -0.3 is 0 Å². The zero-order chi connectivity index (χ0) is 20.7. The van der Waals surface area contributed by atoms with E-state index < -0.39 is 0 Å². The van der Waals surface area contributed by atoms with Gasteiger partial charge in [-0.3, -0.25) is 9.59 Å². The molecule has 5 heteroatoms. The predicted molar refractivity (Wildman–Crippen MR) is 118 cm³/mol. The number of hydrazine groups is 1. The van der Waals surface area contributed by atoms with Crippen LogP contribution in [-0.4, -0.2) is 21.8 Å². The summed E-state index contributed by atoms with van der Waals surface area (Å²) in [7, 11) is 0. The largest absolute Gasteiger partial charge is 0.273 e. The standard InChI is InChI=1S/C25H21BrN2O2/c26-20-13-11-19(12-14-20)25-21(17-7-3-1-4-8-17)15-23(29)28-24(30)16-22(27(25)28)18-9-5-2-6-10-18/h1-14,21-22,25H,15-16H2/t21-,22+,25+/m0/s1. The van der Waals surface area contributed by atoms with Crippen LogP contribution in [0, 0.1) is 0 Å². The molecule has 0 aliphatic carbocycles. The highest BCUT2D eigenvalue weighted by Crippen LogP contribution is 2.50. The zero-order valence-electron chi connectivity index (χ0n) is 16.3. The summed E-state index contributed by atoms with van der Waals surface area (Å²) in [6.45, 7) is 0. The second-order valence-electron chi connectivity index (χ2n) is 7.83. The second kappa shape index (κ2) is 7.82.